The van der Waals surface area contributed by atoms with E-state index in [4.69, 9.17) is 0 Å². The third kappa shape index (κ3) is 1.10. The van der Waals surface area contributed by atoms with Crippen molar-refractivity contribution in [2.24, 2.45) is 0 Å². The van der Waals surface area contributed by atoms with Crippen LogP contribution in [0.4, 0.5) is 0 Å². The molecular formula is C12H17NS. The summed E-state index contributed by atoms with van der Waals surface area (Å²) in [5, 5.41) is 2.27. The summed E-state index contributed by atoms with van der Waals surface area (Å²) in [4.78, 5) is 4.23. The van der Waals surface area contributed by atoms with Crippen molar-refractivity contribution in [2.75, 3.05) is 13.6 Å². The van der Waals surface area contributed by atoms with E-state index in [0.29, 0.717) is 5.41 Å². The van der Waals surface area contributed by atoms with E-state index < -0.39 is 0 Å². The molecule has 0 amide bonds. The lowest BCUT2D eigenvalue weighted by Gasteiger charge is -2.47. The van der Waals surface area contributed by atoms with Gasteiger partial charge in [-0.15, -0.1) is 11.3 Å². The van der Waals surface area contributed by atoms with Crippen molar-refractivity contribution in [1.82, 2.24) is 4.90 Å². The maximum absolute atomic E-state index is 2.54. The third-order valence-corrected chi connectivity index (χ3v) is 5.34. The monoisotopic (exact) mass is 207 g/mol. The molecule has 1 fully saturated rings. The number of thiophene rings is 1. The molecule has 1 aromatic heterocycles. The van der Waals surface area contributed by atoms with Crippen molar-refractivity contribution in [3.63, 3.8) is 0 Å². The van der Waals surface area contributed by atoms with Crippen molar-refractivity contribution < 1.29 is 0 Å². The van der Waals surface area contributed by atoms with Gasteiger partial charge in [0.25, 0.3) is 0 Å². The summed E-state index contributed by atoms with van der Waals surface area (Å²) in [6.45, 7) is 3.74. The van der Waals surface area contributed by atoms with Crippen LogP contribution in [-0.2, 0) is 11.8 Å². The lowest BCUT2D eigenvalue weighted by molar-refractivity contribution is 0.116. The summed E-state index contributed by atoms with van der Waals surface area (Å²) in [6.07, 6.45) is 4.00. The van der Waals surface area contributed by atoms with Gasteiger partial charge in [0.2, 0.25) is 0 Å². The van der Waals surface area contributed by atoms with Crippen LogP contribution in [0, 0.1) is 0 Å². The quantitative estimate of drug-likeness (QED) is 0.632. The maximum atomic E-state index is 2.54. The predicted molar refractivity (Wildman–Crippen MR) is 61.0 cm³/mol. The first-order valence-electron chi connectivity index (χ1n) is 5.46. The van der Waals surface area contributed by atoms with Crippen LogP contribution in [0.25, 0.3) is 0 Å². The van der Waals surface area contributed by atoms with E-state index in [9.17, 15) is 0 Å². The van der Waals surface area contributed by atoms with Crippen LogP contribution in [0.1, 0.15) is 30.2 Å². The average molecular weight is 207 g/mol. The molecule has 1 saturated heterocycles. The Bertz CT molecular complexity index is 357. The Morgan fingerprint density at radius 1 is 1.57 bits per heavy atom. The molecular weight excluding hydrogens is 190 g/mol. The van der Waals surface area contributed by atoms with Gasteiger partial charge in [0.1, 0.15) is 0 Å². The van der Waals surface area contributed by atoms with Crippen LogP contribution < -0.4 is 0 Å². The normalized spacial score (nSPS) is 36.9. The van der Waals surface area contributed by atoms with Crippen LogP contribution >= 0.6 is 11.3 Å². The van der Waals surface area contributed by atoms with E-state index >= 15 is 0 Å². The lowest BCUT2D eigenvalue weighted by Crippen LogP contribution is -2.49. The van der Waals surface area contributed by atoms with Crippen molar-refractivity contribution in [1.29, 1.82) is 0 Å². The van der Waals surface area contributed by atoms with Gasteiger partial charge in [-0.1, -0.05) is 6.92 Å². The van der Waals surface area contributed by atoms with Gasteiger partial charge in [0.15, 0.2) is 0 Å². The number of piperidine rings is 1. The van der Waals surface area contributed by atoms with Gasteiger partial charge in [-0.25, -0.2) is 0 Å². The number of fused-ring (bicyclic) bond motifs is 4. The molecule has 0 aromatic carbocycles. The molecule has 0 radical (unpaired) electrons. The first kappa shape index (κ1) is 8.93. The molecule has 1 nitrogen and oxygen atoms in total. The van der Waals surface area contributed by atoms with Gasteiger partial charge in [-0.05, 0) is 49.9 Å². The molecule has 2 aliphatic rings. The first-order chi connectivity index (χ1) is 6.69. The molecule has 76 valence electrons. The van der Waals surface area contributed by atoms with E-state index in [-0.39, 0.29) is 0 Å². The highest BCUT2D eigenvalue weighted by atomic mass is 32.1. The van der Waals surface area contributed by atoms with E-state index in [2.05, 4.69) is 30.3 Å². The molecule has 2 heteroatoms. The fourth-order valence-corrected chi connectivity index (χ4v) is 4.24. The van der Waals surface area contributed by atoms with Crippen molar-refractivity contribution >= 4 is 11.3 Å². The number of rotatable bonds is 0. The summed E-state index contributed by atoms with van der Waals surface area (Å²) in [5.41, 5.74) is 2.12. The molecule has 2 atom stereocenters. The molecule has 1 aromatic rings. The third-order valence-electron chi connectivity index (χ3n) is 4.08. The zero-order chi connectivity index (χ0) is 9.76. The molecule has 0 spiro atoms. The summed E-state index contributed by atoms with van der Waals surface area (Å²) in [5.74, 6) is 0. The zero-order valence-electron chi connectivity index (χ0n) is 8.92. The Labute approximate surface area is 89.7 Å². The van der Waals surface area contributed by atoms with Crippen LogP contribution in [0.5, 0.6) is 0 Å². The summed E-state index contributed by atoms with van der Waals surface area (Å²) < 4.78 is 0. The van der Waals surface area contributed by atoms with Gasteiger partial charge in [-0.2, -0.15) is 0 Å². The molecule has 14 heavy (non-hydrogen) atoms. The fourth-order valence-electron chi connectivity index (χ4n) is 3.10. The number of hydrogen-bond acceptors (Lipinski definition) is 2. The van der Waals surface area contributed by atoms with Crippen molar-refractivity contribution in [2.45, 2.75) is 37.6 Å². The topological polar surface area (TPSA) is 3.24 Å². The van der Waals surface area contributed by atoms with Crippen molar-refractivity contribution in [3.8, 4) is 0 Å². The van der Waals surface area contributed by atoms with Gasteiger partial charge < -0.3 is 4.90 Å². The fraction of sp³-hybridized carbons (Fsp3) is 0.667. The second-order valence-corrected chi connectivity index (χ2v) is 6.04. The van der Waals surface area contributed by atoms with Crippen LogP contribution in [0.3, 0.4) is 0 Å². The average Bonchev–Trinajstić information content (AvgIpc) is 2.61. The SMILES string of the molecule is CN1CCC2(C)CC1Cc1ccsc12. The largest absolute Gasteiger partial charge is 0.303 e. The highest BCUT2D eigenvalue weighted by Gasteiger charge is 2.42. The Kier molecular flexibility index (Phi) is 1.80. The molecule has 1 aliphatic heterocycles. The zero-order valence-corrected chi connectivity index (χ0v) is 9.73. The van der Waals surface area contributed by atoms with E-state index in [1.165, 1.54) is 25.8 Å². The van der Waals surface area contributed by atoms with E-state index in [1.807, 2.05) is 11.3 Å². The van der Waals surface area contributed by atoms with Crippen LogP contribution in [-0.4, -0.2) is 24.5 Å². The second-order valence-electron chi connectivity index (χ2n) is 5.13. The Morgan fingerprint density at radius 2 is 2.43 bits per heavy atom. The van der Waals surface area contributed by atoms with Crippen molar-refractivity contribution in [3.05, 3.63) is 21.9 Å². The summed E-state index contributed by atoms with van der Waals surface area (Å²) >= 11 is 1.98. The molecule has 2 unspecified atom stereocenters. The molecule has 2 heterocycles. The molecule has 0 N–H and O–H groups in total. The number of hydrogen-bond donors (Lipinski definition) is 0. The van der Waals surface area contributed by atoms with E-state index in [0.717, 1.165) is 6.04 Å². The lowest BCUT2D eigenvalue weighted by atomic mass is 9.69. The standard InChI is InChI=1S/C12H17NS/c1-12-4-5-13(2)10(8-12)7-9-3-6-14-11(9)12/h3,6,10H,4-5,7-8H2,1-2H3. The van der Waals surface area contributed by atoms with Gasteiger partial charge >= 0.3 is 0 Å². The molecule has 0 saturated carbocycles. The number of nitrogens with zero attached hydrogens (tertiary/aromatic N) is 1. The van der Waals surface area contributed by atoms with Crippen LogP contribution in [0.2, 0.25) is 0 Å². The van der Waals surface area contributed by atoms with E-state index in [1.54, 1.807) is 10.4 Å². The van der Waals surface area contributed by atoms with Gasteiger partial charge in [0.05, 0.1) is 0 Å². The Morgan fingerprint density at radius 3 is 3.29 bits per heavy atom. The maximum Gasteiger partial charge on any atom is 0.0142 e. The molecule has 2 bridgehead atoms. The highest BCUT2D eigenvalue weighted by Crippen LogP contribution is 2.46. The number of likely N-dealkylation sites (N-methyl/N-ethyl adjacent to an activating group) is 1. The summed E-state index contributed by atoms with van der Waals surface area (Å²) in [7, 11) is 2.28. The predicted octanol–water partition coefficient (Wildman–Crippen LogP) is 2.66. The van der Waals surface area contributed by atoms with Crippen LogP contribution in [0.15, 0.2) is 11.4 Å². The highest BCUT2D eigenvalue weighted by molar-refractivity contribution is 7.10. The van der Waals surface area contributed by atoms with Gasteiger partial charge in [0, 0.05) is 16.3 Å². The summed E-state index contributed by atoms with van der Waals surface area (Å²) in [6, 6.07) is 3.14. The minimum Gasteiger partial charge on any atom is -0.303 e. The Balaban J connectivity index is 2.08. The molecule has 3 rings (SSSR count). The van der Waals surface area contributed by atoms with Gasteiger partial charge in [-0.3, -0.25) is 0 Å². The second kappa shape index (κ2) is 2.83. The minimum atomic E-state index is 0.499. The smallest absolute Gasteiger partial charge is 0.0142 e. The molecule has 1 aliphatic carbocycles. The Hall–Kier alpha value is -0.340. The minimum absolute atomic E-state index is 0.499. The first-order valence-corrected chi connectivity index (χ1v) is 6.34. The number of likely N-dealkylation sites (tertiary alicyclic amines) is 1.